The van der Waals surface area contributed by atoms with E-state index in [0.29, 0.717) is 5.01 Å². The van der Waals surface area contributed by atoms with Gasteiger partial charge in [0.2, 0.25) is 11.7 Å². The normalized spacial score (nSPS) is 11.9. The number of nitrogens with zero attached hydrogens (tertiary/aromatic N) is 2. The van der Waals surface area contributed by atoms with Gasteiger partial charge >= 0.3 is 0 Å². The number of rotatable bonds is 5. The quantitative estimate of drug-likeness (QED) is 0.921. The number of hydrogen-bond donors (Lipinski definition) is 1. The number of halogens is 2. The first-order chi connectivity index (χ1) is 9.78. The number of carbonyl (C=O) groups is 1. The highest BCUT2D eigenvalue weighted by Crippen LogP contribution is 2.25. The molecule has 2 aromatic heterocycles. The third-order valence-electron chi connectivity index (χ3n) is 2.82. The molecule has 5 nitrogen and oxygen atoms in total. The van der Waals surface area contributed by atoms with E-state index in [1.165, 1.54) is 11.3 Å². The number of carbonyl (C=O) groups excluding carboxylic acids is 1. The van der Waals surface area contributed by atoms with E-state index in [1.807, 2.05) is 6.92 Å². The molecule has 0 aliphatic carbocycles. The Morgan fingerprint density at radius 2 is 2.24 bits per heavy atom. The number of aryl methyl sites for hydroxylation is 1. The zero-order valence-electron chi connectivity index (χ0n) is 11.8. The Balaban J connectivity index is 2.03. The van der Waals surface area contributed by atoms with Gasteiger partial charge in [0.25, 0.3) is 6.43 Å². The summed E-state index contributed by atoms with van der Waals surface area (Å²) < 4.78 is 29.5. The Hall–Kier alpha value is -1.83. The van der Waals surface area contributed by atoms with Crippen LogP contribution in [-0.2, 0) is 16.8 Å². The van der Waals surface area contributed by atoms with Crippen molar-refractivity contribution in [3.63, 3.8) is 0 Å². The lowest BCUT2D eigenvalue weighted by Gasteiger charge is -2.23. The van der Waals surface area contributed by atoms with Crippen molar-refractivity contribution >= 4 is 17.2 Å². The SMILES string of the molecule is Cc1cnc(CC(=O)NC(C)(C)c2cc(C(F)F)on2)s1. The van der Waals surface area contributed by atoms with Gasteiger partial charge < -0.3 is 9.84 Å². The van der Waals surface area contributed by atoms with Crippen LogP contribution in [0.5, 0.6) is 0 Å². The van der Waals surface area contributed by atoms with Crippen molar-refractivity contribution in [2.24, 2.45) is 0 Å². The third-order valence-corrected chi connectivity index (χ3v) is 3.73. The van der Waals surface area contributed by atoms with Crippen molar-refractivity contribution in [3.8, 4) is 0 Å². The summed E-state index contributed by atoms with van der Waals surface area (Å²) in [7, 11) is 0. The zero-order chi connectivity index (χ0) is 15.6. The fourth-order valence-electron chi connectivity index (χ4n) is 1.76. The molecule has 0 unspecified atom stereocenters. The van der Waals surface area contributed by atoms with Crippen LogP contribution in [0.1, 0.15) is 41.6 Å². The van der Waals surface area contributed by atoms with E-state index in [1.54, 1.807) is 20.0 Å². The predicted octanol–water partition coefficient (Wildman–Crippen LogP) is 2.97. The van der Waals surface area contributed by atoms with Crippen LogP contribution < -0.4 is 5.32 Å². The monoisotopic (exact) mass is 315 g/mol. The van der Waals surface area contributed by atoms with Crippen molar-refractivity contribution in [2.75, 3.05) is 0 Å². The molecule has 0 atom stereocenters. The van der Waals surface area contributed by atoms with Gasteiger partial charge in [-0.2, -0.15) is 0 Å². The first kappa shape index (κ1) is 15.6. The Labute approximate surface area is 124 Å². The van der Waals surface area contributed by atoms with Crippen LogP contribution in [-0.4, -0.2) is 16.0 Å². The number of thiazole rings is 1. The zero-order valence-corrected chi connectivity index (χ0v) is 12.6. The summed E-state index contributed by atoms with van der Waals surface area (Å²) in [5, 5.41) is 7.04. The van der Waals surface area contributed by atoms with E-state index < -0.39 is 17.7 Å². The van der Waals surface area contributed by atoms with E-state index in [4.69, 9.17) is 0 Å². The molecule has 0 bridgehead atoms. The van der Waals surface area contributed by atoms with Crippen LogP contribution in [0.3, 0.4) is 0 Å². The molecule has 0 aliphatic heterocycles. The molecule has 0 spiro atoms. The summed E-state index contributed by atoms with van der Waals surface area (Å²) in [6.07, 6.45) is -0.886. The molecule has 0 saturated heterocycles. The predicted molar refractivity (Wildman–Crippen MR) is 73.2 cm³/mol. The summed E-state index contributed by atoms with van der Waals surface area (Å²) in [6.45, 7) is 5.25. The van der Waals surface area contributed by atoms with Crippen molar-refractivity contribution < 1.29 is 18.1 Å². The van der Waals surface area contributed by atoms with Gasteiger partial charge in [-0.1, -0.05) is 5.16 Å². The number of hydrogen-bond acceptors (Lipinski definition) is 5. The molecule has 0 saturated carbocycles. The van der Waals surface area contributed by atoms with E-state index >= 15 is 0 Å². The minimum absolute atomic E-state index is 0.140. The lowest BCUT2D eigenvalue weighted by Crippen LogP contribution is -2.42. The topological polar surface area (TPSA) is 68.0 Å². The molecule has 1 N–H and O–H groups in total. The lowest BCUT2D eigenvalue weighted by molar-refractivity contribution is -0.122. The molecule has 1 amide bonds. The van der Waals surface area contributed by atoms with Gasteiger partial charge in [-0.05, 0) is 20.8 Å². The van der Waals surface area contributed by atoms with Gasteiger partial charge in [-0.25, -0.2) is 13.8 Å². The molecule has 2 rings (SSSR count). The van der Waals surface area contributed by atoms with E-state index in [0.717, 1.165) is 10.9 Å². The second-order valence-electron chi connectivity index (χ2n) is 5.13. The average molecular weight is 315 g/mol. The van der Waals surface area contributed by atoms with Gasteiger partial charge in [0.15, 0.2) is 0 Å². The minimum atomic E-state index is -2.73. The van der Waals surface area contributed by atoms with Crippen molar-refractivity contribution in [1.29, 1.82) is 0 Å². The van der Waals surface area contributed by atoms with Crippen LogP contribution in [0, 0.1) is 6.92 Å². The maximum Gasteiger partial charge on any atom is 0.298 e. The second kappa shape index (κ2) is 5.88. The average Bonchev–Trinajstić information content (AvgIpc) is 2.97. The van der Waals surface area contributed by atoms with Crippen LogP contribution in [0.2, 0.25) is 0 Å². The van der Waals surface area contributed by atoms with Crippen LogP contribution in [0.4, 0.5) is 8.78 Å². The molecule has 8 heteroatoms. The van der Waals surface area contributed by atoms with Crippen molar-refractivity contribution in [1.82, 2.24) is 15.5 Å². The summed E-state index contributed by atoms with van der Waals surface area (Å²) in [5.74, 6) is -0.765. The minimum Gasteiger partial charge on any atom is -0.355 e. The van der Waals surface area contributed by atoms with Gasteiger partial charge in [0.1, 0.15) is 10.7 Å². The van der Waals surface area contributed by atoms with Crippen molar-refractivity contribution in [3.05, 3.63) is 33.6 Å². The molecule has 2 aromatic rings. The molecule has 0 fully saturated rings. The Morgan fingerprint density at radius 3 is 2.76 bits per heavy atom. The molecule has 2 heterocycles. The number of aromatic nitrogens is 2. The van der Waals surface area contributed by atoms with Crippen LogP contribution >= 0.6 is 11.3 Å². The van der Waals surface area contributed by atoms with Gasteiger partial charge in [-0.15, -0.1) is 11.3 Å². The molecule has 0 radical (unpaired) electrons. The summed E-state index contributed by atoms with van der Waals surface area (Å²) in [5.41, 5.74) is -0.651. The number of alkyl halides is 2. The first-order valence-corrected chi connectivity index (χ1v) is 7.07. The van der Waals surface area contributed by atoms with Gasteiger partial charge in [-0.3, -0.25) is 4.79 Å². The number of amides is 1. The highest BCUT2D eigenvalue weighted by Gasteiger charge is 2.28. The third kappa shape index (κ3) is 3.84. The summed E-state index contributed by atoms with van der Waals surface area (Å²) in [6, 6.07) is 1.15. The number of nitrogens with one attached hydrogen (secondary N) is 1. The fraction of sp³-hybridized carbons (Fsp3) is 0.462. The van der Waals surface area contributed by atoms with E-state index in [9.17, 15) is 13.6 Å². The summed E-state index contributed by atoms with van der Waals surface area (Å²) >= 11 is 1.44. The molecule has 0 aromatic carbocycles. The van der Waals surface area contributed by atoms with Crippen molar-refractivity contribution in [2.45, 2.75) is 39.2 Å². The summed E-state index contributed by atoms with van der Waals surface area (Å²) in [4.78, 5) is 17.1. The standard InChI is InChI=1S/C13H15F2N3O2S/c1-7-6-16-11(21-7)5-10(19)17-13(2,3)9-4-8(12(14)15)20-18-9/h4,6,12H,5H2,1-3H3,(H,17,19). The Bertz CT molecular complexity index is 637. The lowest BCUT2D eigenvalue weighted by atomic mass is 10.00. The molecular weight excluding hydrogens is 300 g/mol. The fourth-order valence-corrected chi connectivity index (χ4v) is 2.55. The first-order valence-electron chi connectivity index (χ1n) is 6.25. The maximum absolute atomic E-state index is 12.5. The maximum atomic E-state index is 12.5. The molecule has 21 heavy (non-hydrogen) atoms. The van der Waals surface area contributed by atoms with Crippen LogP contribution in [0.15, 0.2) is 16.8 Å². The van der Waals surface area contributed by atoms with Gasteiger partial charge in [0, 0.05) is 17.1 Å². The smallest absolute Gasteiger partial charge is 0.298 e. The second-order valence-corrected chi connectivity index (χ2v) is 6.45. The molecular formula is C13H15F2N3O2S. The van der Waals surface area contributed by atoms with Crippen LogP contribution in [0.25, 0.3) is 0 Å². The highest BCUT2D eigenvalue weighted by molar-refractivity contribution is 7.11. The molecule has 0 aliphatic rings. The largest absolute Gasteiger partial charge is 0.355 e. The van der Waals surface area contributed by atoms with Gasteiger partial charge in [0.05, 0.1) is 12.0 Å². The Kier molecular flexibility index (Phi) is 4.36. The van der Waals surface area contributed by atoms with E-state index in [-0.39, 0.29) is 18.0 Å². The Morgan fingerprint density at radius 1 is 1.52 bits per heavy atom. The highest BCUT2D eigenvalue weighted by atomic mass is 32.1. The molecule has 114 valence electrons. The van der Waals surface area contributed by atoms with E-state index in [2.05, 4.69) is 20.0 Å².